The number of aliphatic hydroxyl groups is 1. The molecule has 1 rings (SSSR count). The number of hydrogen-bond donors (Lipinski definition) is 1. The largest absolute Gasteiger partial charge is 0.497 e. The Morgan fingerprint density at radius 2 is 1.56 bits per heavy atom. The monoisotopic (exact) mass is 380 g/mol. The smallest absolute Gasteiger partial charge is 0.164 e. The molecule has 0 saturated carbocycles. The third kappa shape index (κ3) is 5.67. The summed E-state index contributed by atoms with van der Waals surface area (Å²) in [5, 5.41) is 11.1. The van der Waals surface area contributed by atoms with Crippen molar-refractivity contribution in [2.45, 2.75) is 6.10 Å². The summed E-state index contributed by atoms with van der Waals surface area (Å²) >= 11 is 0. The van der Waals surface area contributed by atoms with Gasteiger partial charge in [0.15, 0.2) is 11.5 Å². The fourth-order valence-electron chi connectivity index (χ4n) is 2.42. The van der Waals surface area contributed by atoms with Gasteiger partial charge in [-0.3, -0.25) is 0 Å². The van der Waals surface area contributed by atoms with E-state index in [-0.39, 0.29) is 6.61 Å². The third-order valence-electron chi connectivity index (χ3n) is 3.85. The number of rotatable bonds is 11. The molecule has 0 aliphatic carbocycles. The Morgan fingerprint density at radius 1 is 0.963 bits per heavy atom. The highest BCUT2D eigenvalue weighted by molar-refractivity contribution is 5.54. The van der Waals surface area contributed by atoms with Crippen molar-refractivity contribution >= 4 is 0 Å². The molecule has 0 amide bonds. The molecule has 1 N–H and O–H groups in total. The summed E-state index contributed by atoms with van der Waals surface area (Å²) < 4.78 is 31.7. The van der Waals surface area contributed by atoms with Gasteiger partial charge in [0.2, 0.25) is 0 Å². The SMILES string of the molecule is C=C(/C=C(OC)\C(=C/COC)C(O)c1cc(OC)c(OC)cc1OC)OC. The average molecular weight is 380 g/mol. The Hall–Kier alpha value is -2.64. The van der Waals surface area contributed by atoms with Gasteiger partial charge in [-0.05, 0) is 12.1 Å². The molecule has 150 valence electrons. The zero-order valence-corrected chi connectivity index (χ0v) is 16.7. The van der Waals surface area contributed by atoms with Crippen LogP contribution in [0.2, 0.25) is 0 Å². The number of ether oxygens (including phenoxy) is 6. The van der Waals surface area contributed by atoms with E-state index < -0.39 is 6.10 Å². The Bertz CT molecular complexity index is 692. The van der Waals surface area contributed by atoms with Gasteiger partial charge in [-0.15, -0.1) is 0 Å². The van der Waals surface area contributed by atoms with E-state index in [1.54, 1.807) is 31.4 Å². The van der Waals surface area contributed by atoms with Crippen LogP contribution in [-0.2, 0) is 14.2 Å². The number of aliphatic hydroxyl groups excluding tert-OH is 1. The first-order chi connectivity index (χ1) is 13.0. The lowest BCUT2D eigenvalue weighted by atomic mass is 9.97. The second-order valence-electron chi connectivity index (χ2n) is 5.35. The molecule has 1 aromatic carbocycles. The van der Waals surface area contributed by atoms with Gasteiger partial charge in [0.1, 0.15) is 23.4 Å². The number of allylic oxidation sites excluding steroid dienone is 1. The zero-order chi connectivity index (χ0) is 20.4. The Morgan fingerprint density at radius 3 is 2.04 bits per heavy atom. The van der Waals surface area contributed by atoms with Crippen molar-refractivity contribution in [2.75, 3.05) is 49.3 Å². The quantitative estimate of drug-likeness (QED) is 0.467. The van der Waals surface area contributed by atoms with Crippen molar-refractivity contribution < 1.29 is 33.5 Å². The Balaban J connectivity index is 3.52. The summed E-state index contributed by atoms with van der Waals surface area (Å²) in [5.74, 6) is 2.14. The molecule has 0 bridgehead atoms. The van der Waals surface area contributed by atoms with E-state index in [0.717, 1.165) is 0 Å². The molecule has 0 fully saturated rings. The highest BCUT2D eigenvalue weighted by Crippen LogP contribution is 2.40. The maximum atomic E-state index is 11.1. The first-order valence-corrected chi connectivity index (χ1v) is 8.13. The van der Waals surface area contributed by atoms with Crippen LogP contribution in [0.4, 0.5) is 0 Å². The van der Waals surface area contributed by atoms with Crippen LogP contribution in [-0.4, -0.2) is 54.4 Å². The van der Waals surface area contributed by atoms with Crippen LogP contribution >= 0.6 is 0 Å². The molecule has 0 aromatic heterocycles. The lowest BCUT2D eigenvalue weighted by molar-refractivity contribution is 0.186. The predicted octanol–water partition coefficient (Wildman–Crippen LogP) is 3.01. The van der Waals surface area contributed by atoms with Crippen molar-refractivity contribution in [1.29, 1.82) is 0 Å². The highest BCUT2D eigenvalue weighted by Gasteiger charge is 2.24. The zero-order valence-electron chi connectivity index (χ0n) is 16.7. The van der Waals surface area contributed by atoms with Crippen molar-refractivity contribution in [2.24, 2.45) is 0 Å². The van der Waals surface area contributed by atoms with Crippen LogP contribution < -0.4 is 14.2 Å². The summed E-state index contributed by atoms with van der Waals surface area (Å²) in [5.41, 5.74) is 0.937. The van der Waals surface area contributed by atoms with Crippen LogP contribution in [0.15, 0.2) is 48.0 Å². The Kier molecular flexibility index (Phi) is 9.25. The predicted molar refractivity (Wildman–Crippen MR) is 102 cm³/mol. The summed E-state index contributed by atoms with van der Waals surface area (Å²) in [6, 6.07) is 3.30. The number of methoxy groups -OCH3 is 6. The maximum Gasteiger partial charge on any atom is 0.164 e. The van der Waals surface area contributed by atoms with Gasteiger partial charge in [0.05, 0.1) is 42.2 Å². The molecular weight excluding hydrogens is 352 g/mol. The molecule has 27 heavy (non-hydrogen) atoms. The van der Waals surface area contributed by atoms with E-state index in [4.69, 9.17) is 28.4 Å². The summed E-state index contributed by atoms with van der Waals surface area (Å²) in [7, 11) is 9.11. The summed E-state index contributed by atoms with van der Waals surface area (Å²) in [6.45, 7) is 4.03. The van der Waals surface area contributed by atoms with Gasteiger partial charge in [-0.25, -0.2) is 0 Å². The topological polar surface area (TPSA) is 75.6 Å². The van der Waals surface area contributed by atoms with Gasteiger partial charge in [0, 0.05) is 30.4 Å². The van der Waals surface area contributed by atoms with Crippen molar-refractivity contribution in [1.82, 2.24) is 0 Å². The molecular formula is C20H28O7. The maximum absolute atomic E-state index is 11.1. The molecule has 1 unspecified atom stereocenters. The standard InChI is InChI=1S/C20H28O7/c1-13(23-3)10-16(24-4)14(8-9-22-2)20(21)15-11-18(26-6)19(27-7)12-17(15)25-5/h8,10-12,20-21H,1,9H2,2-7H3/b14-8+,16-10+. The number of hydrogen-bond acceptors (Lipinski definition) is 7. The molecule has 0 spiro atoms. The molecule has 1 aromatic rings. The summed E-state index contributed by atoms with van der Waals surface area (Å²) in [4.78, 5) is 0. The molecule has 7 nitrogen and oxygen atoms in total. The minimum Gasteiger partial charge on any atom is -0.497 e. The molecule has 0 radical (unpaired) electrons. The molecule has 7 heteroatoms. The minimum atomic E-state index is -1.09. The summed E-state index contributed by atoms with van der Waals surface area (Å²) in [6.07, 6.45) is 2.20. The van der Waals surface area contributed by atoms with E-state index in [0.29, 0.717) is 39.9 Å². The van der Waals surface area contributed by atoms with E-state index >= 15 is 0 Å². The van der Waals surface area contributed by atoms with Crippen LogP contribution in [0.5, 0.6) is 17.2 Å². The first-order valence-electron chi connectivity index (χ1n) is 8.13. The molecule has 0 aliphatic rings. The molecule has 0 heterocycles. The molecule has 1 atom stereocenters. The normalized spacial score (nSPS) is 13.0. The van der Waals surface area contributed by atoms with E-state index in [9.17, 15) is 5.11 Å². The minimum absolute atomic E-state index is 0.266. The van der Waals surface area contributed by atoms with Crippen LogP contribution in [0.25, 0.3) is 0 Å². The van der Waals surface area contributed by atoms with Gasteiger partial charge >= 0.3 is 0 Å². The third-order valence-corrected chi connectivity index (χ3v) is 3.85. The second-order valence-corrected chi connectivity index (χ2v) is 5.35. The fraction of sp³-hybridized carbons (Fsp3) is 0.400. The van der Waals surface area contributed by atoms with E-state index in [1.807, 2.05) is 0 Å². The fourth-order valence-corrected chi connectivity index (χ4v) is 2.42. The van der Waals surface area contributed by atoms with Crippen LogP contribution in [0, 0.1) is 0 Å². The highest BCUT2D eigenvalue weighted by atomic mass is 16.5. The van der Waals surface area contributed by atoms with Crippen LogP contribution in [0.3, 0.4) is 0 Å². The van der Waals surface area contributed by atoms with Gasteiger partial charge in [-0.2, -0.15) is 0 Å². The average Bonchev–Trinajstić information content (AvgIpc) is 2.71. The molecule has 0 aliphatic heterocycles. The molecule has 0 saturated heterocycles. The van der Waals surface area contributed by atoms with E-state index in [1.165, 1.54) is 35.5 Å². The van der Waals surface area contributed by atoms with Crippen molar-refractivity contribution in [3.05, 3.63) is 53.5 Å². The van der Waals surface area contributed by atoms with Gasteiger partial charge < -0.3 is 33.5 Å². The van der Waals surface area contributed by atoms with Crippen molar-refractivity contribution in [3.63, 3.8) is 0 Å². The lowest BCUT2D eigenvalue weighted by Crippen LogP contribution is -2.10. The van der Waals surface area contributed by atoms with E-state index in [2.05, 4.69) is 6.58 Å². The van der Waals surface area contributed by atoms with Crippen LogP contribution in [0.1, 0.15) is 11.7 Å². The van der Waals surface area contributed by atoms with Gasteiger partial charge in [0.25, 0.3) is 0 Å². The number of benzene rings is 1. The lowest BCUT2D eigenvalue weighted by Gasteiger charge is -2.21. The second kappa shape index (κ2) is 11.2. The first kappa shape index (κ1) is 22.4. The Labute approximate surface area is 160 Å². The van der Waals surface area contributed by atoms with Gasteiger partial charge in [-0.1, -0.05) is 6.58 Å². The van der Waals surface area contributed by atoms with Crippen molar-refractivity contribution in [3.8, 4) is 17.2 Å².